The predicted octanol–water partition coefficient (Wildman–Crippen LogP) is 3.52. The summed E-state index contributed by atoms with van der Waals surface area (Å²) in [6.07, 6.45) is 7.62. The molecule has 1 amide bonds. The third-order valence-corrected chi connectivity index (χ3v) is 5.62. The van der Waals surface area contributed by atoms with Crippen LogP contribution in [0.5, 0.6) is 0 Å². The first kappa shape index (κ1) is 17.9. The summed E-state index contributed by atoms with van der Waals surface area (Å²) >= 11 is 1.62. The largest absolute Gasteiger partial charge is 0.352 e. The number of carbonyl (C=O) groups is 1. The molecule has 1 fully saturated rings. The molecule has 1 N–H and O–H groups in total. The molecule has 1 aliphatic rings. The topological polar surface area (TPSA) is 59.3 Å². The molecule has 2 aromatic rings. The lowest BCUT2D eigenvalue weighted by Gasteiger charge is -2.06. The van der Waals surface area contributed by atoms with Crippen LogP contribution in [-0.2, 0) is 7.05 Å². The third kappa shape index (κ3) is 4.57. The van der Waals surface area contributed by atoms with E-state index in [-0.39, 0.29) is 5.91 Å². The Morgan fingerprint density at radius 1 is 1.24 bits per heavy atom. The molecule has 1 heterocycles. The van der Waals surface area contributed by atoms with Gasteiger partial charge in [0, 0.05) is 24.7 Å². The summed E-state index contributed by atoms with van der Waals surface area (Å²) in [6, 6.07) is 8.05. The fourth-order valence-corrected chi connectivity index (χ4v) is 4.11. The van der Waals surface area contributed by atoms with E-state index >= 15 is 0 Å². The lowest BCUT2D eigenvalue weighted by molar-refractivity contribution is 0.0956. The summed E-state index contributed by atoms with van der Waals surface area (Å²) in [4.78, 5) is 17.8. The molecule has 0 bridgehead atoms. The van der Waals surface area contributed by atoms with Gasteiger partial charge in [0.1, 0.15) is 5.01 Å². The zero-order valence-electron chi connectivity index (χ0n) is 15.0. The molecule has 3 rings (SSSR count). The number of hydrogen-bond acceptors (Lipinski definition) is 4. The van der Waals surface area contributed by atoms with Gasteiger partial charge in [0.05, 0.1) is 6.04 Å². The van der Waals surface area contributed by atoms with E-state index in [4.69, 9.17) is 4.99 Å². The summed E-state index contributed by atoms with van der Waals surface area (Å²) in [5.41, 5.74) is 1.70. The highest BCUT2D eigenvalue weighted by atomic mass is 32.1. The number of benzene rings is 1. The smallest absolute Gasteiger partial charge is 0.251 e. The highest BCUT2D eigenvalue weighted by molar-refractivity contribution is 7.12. The Bertz CT molecular complexity index is 767. The maximum absolute atomic E-state index is 11.9. The highest BCUT2D eigenvalue weighted by Gasteiger charge is 2.12. The van der Waals surface area contributed by atoms with Gasteiger partial charge in [0.15, 0.2) is 0 Å². The van der Waals surface area contributed by atoms with Gasteiger partial charge in [-0.3, -0.25) is 9.79 Å². The van der Waals surface area contributed by atoms with Gasteiger partial charge in [0.2, 0.25) is 4.80 Å². The van der Waals surface area contributed by atoms with E-state index in [2.05, 4.69) is 10.4 Å². The van der Waals surface area contributed by atoms with E-state index in [0.29, 0.717) is 18.2 Å². The molecule has 5 nitrogen and oxygen atoms in total. The van der Waals surface area contributed by atoms with Crippen molar-refractivity contribution < 1.29 is 4.79 Å². The SMILES string of the molecule is CCNC(=O)c1ccc(-c2nn(C)c(=NC3CCCCCC3)s2)cc1. The minimum absolute atomic E-state index is 0.0391. The van der Waals surface area contributed by atoms with Crippen molar-refractivity contribution in [1.82, 2.24) is 15.1 Å². The van der Waals surface area contributed by atoms with Crippen molar-refractivity contribution in [3.63, 3.8) is 0 Å². The van der Waals surface area contributed by atoms with E-state index in [0.717, 1.165) is 15.4 Å². The summed E-state index contributed by atoms with van der Waals surface area (Å²) in [5.74, 6) is -0.0391. The van der Waals surface area contributed by atoms with E-state index in [9.17, 15) is 4.79 Å². The van der Waals surface area contributed by atoms with E-state index < -0.39 is 0 Å². The van der Waals surface area contributed by atoms with Crippen molar-refractivity contribution in [3.05, 3.63) is 34.6 Å². The molecule has 25 heavy (non-hydrogen) atoms. The van der Waals surface area contributed by atoms with Gasteiger partial charge in [-0.15, -0.1) is 0 Å². The Labute approximate surface area is 152 Å². The summed E-state index contributed by atoms with van der Waals surface area (Å²) in [5, 5.41) is 8.38. The quantitative estimate of drug-likeness (QED) is 0.850. The molecular weight excluding hydrogens is 332 g/mol. The van der Waals surface area contributed by atoms with Crippen LogP contribution in [-0.4, -0.2) is 28.3 Å². The van der Waals surface area contributed by atoms with Gasteiger partial charge in [-0.2, -0.15) is 5.10 Å². The van der Waals surface area contributed by atoms with Crippen LogP contribution in [0.25, 0.3) is 10.6 Å². The van der Waals surface area contributed by atoms with Crippen LogP contribution in [0.4, 0.5) is 0 Å². The van der Waals surface area contributed by atoms with Gasteiger partial charge in [0.25, 0.3) is 5.91 Å². The average molecular weight is 359 g/mol. The Kier molecular flexibility index (Phi) is 6.02. The molecular formula is C19H26N4OS. The summed E-state index contributed by atoms with van der Waals surface area (Å²) in [7, 11) is 1.96. The second kappa shape index (κ2) is 8.43. The average Bonchev–Trinajstić information content (AvgIpc) is 2.82. The number of amides is 1. The number of nitrogens with zero attached hydrogens (tertiary/aromatic N) is 3. The molecule has 134 valence electrons. The second-order valence-electron chi connectivity index (χ2n) is 6.52. The zero-order valence-corrected chi connectivity index (χ0v) is 15.8. The van der Waals surface area contributed by atoms with Crippen molar-refractivity contribution >= 4 is 17.2 Å². The van der Waals surface area contributed by atoms with Gasteiger partial charge in [-0.1, -0.05) is 49.2 Å². The van der Waals surface area contributed by atoms with Gasteiger partial charge >= 0.3 is 0 Å². The van der Waals surface area contributed by atoms with Crippen molar-refractivity contribution in [3.8, 4) is 10.6 Å². The van der Waals surface area contributed by atoms with Crippen molar-refractivity contribution in [2.75, 3.05) is 6.54 Å². The van der Waals surface area contributed by atoms with Crippen LogP contribution in [0.3, 0.4) is 0 Å². The summed E-state index contributed by atoms with van der Waals surface area (Å²) < 4.78 is 1.88. The van der Waals surface area contributed by atoms with Crippen LogP contribution in [0, 0.1) is 0 Å². The highest BCUT2D eigenvalue weighted by Crippen LogP contribution is 2.22. The van der Waals surface area contributed by atoms with E-state index in [1.165, 1.54) is 38.5 Å². The normalized spacial score (nSPS) is 16.6. The molecule has 0 unspecified atom stereocenters. The molecule has 1 aliphatic carbocycles. The Morgan fingerprint density at radius 2 is 1.92 bits per heavy atom. The molecule has 1 aromatic carbocycles. The molecule has 0 spiro atoms. The number of aromatic nitrogens is 2. The van der Waals surface area contributed by atoms with Crippen molar-refractivity contribution in [2.24, 2.45) is 12.0 Å². The fraction of sp³-hybridized carbons (Fsp3) is 0.526. The van der Waals surface area contributed by atoms with Crippen molar-refractivity contribution in [2.45, 2.75) is 51.5 Å². The van der Waals surface area contributed by atoms with Crippen LogP contribution in [0.2, 0.25) is 0 Å². The van der Waals surface area contributed by atoms with Crippen LogP contribution in [0.15, 0.2) is 29.3 Å². The number of rotatable bonds is 4. The lowest BCUT2D eigenvalue weighted by Crippen LogP contribution is -2.22. The van der Waals surface area contributed by atoms with Crippen molar-refractivity contribution in [1.29, 1.82) is 0 Å². The minimum atomic E-state index is -0.0391. The maximum atomic E-state index is 11.9. The molecule has 0 saturated heterocycles. The van der Waals surface area contributed by atoms with Gasteiger partial charge in [-0.05, 0) is 31.9 Å². The van der Waals surface area contributed by atoms with Gasteiger partial charge < -0.3 is 5.32 Å². The van der Waals surface area contributed by atoms with Crippen LogP contribution < -0.4 is 10.1 Å². The molecule has 0 radical (unpaired) electrons. The monoisotopic (exact) mass is 358 g/mol. The van der Waals surface area contributed by atoms with Crippen LogP contribution in [0.1, 0.15) is 55.8 Å². The first-order valence-corrected chi connectivity index (χ1v) is 9.95. The second-order valence-corrected chi connectivity index (χ2v) is 7.48. The molecule has 6 heteroatoms. The first-order chi connectivity index (χ1) is 12.2. The van der Waals surface area contributed by atoms with E-state index in [1.807, 2.05) is 42.9 Å². The number of carbonyl (C=O) groups excluding carboxylic acids is 1. The lowest BCUT2D eigenvalue weighted by atomic mass is 10.1. The Morgan fingerprint density at radius 3 is 2.56 bits per heavy atom. The molecule has 0 aliphatic heterocycles. The number of hydrogen-bond donors (Lipinski definition) is 1. The molecule has 0 atom stereocenters. The molecule has 1 aromatic heterocycles. The maximum Gasteiger partial charge on any atom is 0.251 e. The van der Waals surface area contributed by atoms with Gasteiger partial charge in [-0.25, -0.2) is 4.68 Å². The third-order valence-electron chi connectivity index (χ3n) is 4.55. The predicted molar refractivity (Wildman–Crippen MR) is 102 cm³/mol. The standard InChI is InChI=1S/C19H26N4OS/c1-3-20-17(24)14-10-12-15(13-11-14)18-22-23(2)19(25-18)21-16-8-6-4-5-7-9-16/h10-13,16H,3-9H2,1-2H3,(H,20,24). The first-order valence-electron chi connectivity index (χ1n) is 9.14. The molecule has 1 saturated carbocycles. The van der Waals surface area contributed by atoms with E-state index in [1.54, 1.807) is 11.3 Å². The fourth-order valence-electron chi connectivity index (χ4n) is 3.15. The number of aryl methyl sites for hydroxylation is 1. The number of nitrogens with one attached hydrogen (secondary N) is 1. The Hall–Kier alpha value is -1.95. The zero-order chi connectivity index (χ0) is 17.6. The Balaban J connectivity index is 1.80. The van der Waals surface area contributed by atoms with Crippen LogP contribution >= 0.6 is 11.3 Å². The summed E-state index contributed by atoms with van der Waals surface area (Å²) in [6.45, 7) is 2.55. The minimum Gasteiger partial charge on any atom is -0.352 e.